The van der Waals surface area contributed by atoms with Crippen LogP contribution in [0.4, 0.5) is 4.39 Å². The van der Waals surface area contributed by atoms with E-state index in [1.165, 1.54) is 34.0 Å². The molecule has 1 aliphatic carbocycles. The number of amides is 1. The van der Waals surface area contributed by atoms with Gasteiger partial charge in [-0.3, -0.25) is 14.4 Å². The van der Waals surface area contributed by atoms with E-state index >= 15 is 0 Å². The molecule has 0 N–H and O–H groups in total. The van der Waals surface area contributed by atoms with E-state index in [2.05, 4.69) is 10.3 Å². The predicted octanol–water partition coefficient (Wildman–Crippen LogP) is 2.17. The van der Waals surface area contributed by atoms with Crippen molar-refractivity contribution in [2.45, 2.75) is 26.4 Å². The number of Topliss-reactive ketones (excluding diaryl/α,β-unsaturated/α-hetero) is 2. The zero-order valence-electron chi connectivity index (χ0n) is 17.4. The molecule has 1 saturated heterocycles. The fraction of sp³-hybridized carbons (Fsp3) is 0.217. The summed E-state index contributed by atoms with van der Waals surface area (Å²) in [6, 6.07) is 5.03. The Morgan fingerprint density at radius 1 is 1.21 bits per heavy atom. The maximum Gasteiger partial charge on any atom is 0.347 e. The maximum absolute atomic E-state index is 13.3. The molecule has 9 nitrogen and oxygen atoms in total. The zero-order chi connectivity index (χ0) is 23.3. The van der Waals surface area contributed by atoms with Crippen LogP contribution in [0.3, 0.4) is 0 Å². The van der Waals surface area contributed by atoms with Gasteiger partial charge in [0, 0.05) is 17.1 Å². The van der Waals surface area contributed by atoms with Gasteiger partial charge >= 0.3 is 5.63 Å². The number of hydrogen-bond acceptors (Lipinski definition) is 7. The lowest BCUT2D eigenvalue weighted by atomic mass is 9.91. The quantitative estimate of drug-likeness (QED) is 0.334. The van der Waals surface area contributed by atoms with Crippen molar-refractivity contribution < 1.29 is 23.2 Å². The summed E-state index contributed by atoms with van der Waals surface area (Å²) in [6.07, 6.45) is 5.63. The topological polar surface area (TPSA) is 115 Å². The fourth-order valence-electron chi connectivity index (χ4n) is 4.07. The SMILES string of the molecule is CC1=CC=C2C(C1)C(=O)C(=O)N2Cc1cn(CC(=O)c2cc3ccc(F)cc3oc2=O)nn1. The molecule has 2 aromatic heterocycles. The first-order valence-electron chi connectivity index (χ1n) is 10.2. The lowest BCUT2D eigenvalue weighted by Crippen LogP contribution is -2.26. The van der Waals surface area contributed by atoms with Crippen molar-refractivity contribution in [3.05, 3.63) is 81.4 Å². The van der Waals surface area contributed by atoms with Crippen molar-refractivity contribution in [3.8, 4) is 0 Å². The number of likely N-dealkylation sites (tertiary alicyclic amines) is 1. The molecule has 3 heterocycles. The third kappa shape index (κ3) is 3.69. The van der Waals surface area contributed by atoms with Gasteiger partial charge in [0.15, 0.2) is 5.78 Å². The normalized spacial score (nSPS) is 17.9. The van der Waals surface area contributed by atoms with Crippen LogP contribution in [0.1, 0.15) is 29.4 Å². The number of carbonyl (C=O) groups excluding carboxylic acids is 3. The van der Waals surface area contributed by atoms with Crippen LogP contribution in [-0.2, 0) is 22.7 Å². The Hall–Kier alpha value is -4.21. The van der Waals surface area contributed by atoms with Crippen LogP contribution in [0.15, 0.2) is 63.1 Å². The van der Waals surface area contributed by atoms with Gasteiger partial charge in [0.2, 0.25) is 5.78 Å². The molecule has 0 spiro atoms. The van der Waals surface area contributed by atoms with E-state index in [0.717, 1.165) is 11.6 Å². The third-order valence-corrected chi connectivity index (χ3v) is 5.72. The Labute approximate surface area is 185 Å². The van der Waals surface area contributed by atoms with Gasteiger partial charge in [-0.25, -0.2) is 13.9 Å². The number of allylic oxidation sites excluding steroid dienone is 4. The van der Waals surface area contributed by atoms with E-state index in [0.29, 0.717) is 23.2 Å². The van der Waals surface area contributed by atoms with Crippen LogP contribution in [0.2, 0.25) is 0 Å². The fourth-order valence-corrected chi connectivity index (χ4v) is 4.07. The van der Waals surface area contributed by atoms with Gasteiger partial charge in [-0.1, -0.05) is 16.9 Å². The zero-order valence-corrected chi connectivity index (χ0v) is 17.4. The number of aromatic nitrogens is 3. The van der Waals surface area contributed by atoms with Gasteiger partial charge in [-0.05, 0) is 37.6 Å². The second kappa shape index (κ2) is 7.73. The minimum atomic E-state index is -0.877. The molecule has 1 atom stereocenters. The Kier molecular flexibility index (Phi) is 4.85. The molecular formula is C23H17FN4O5. The van der Waals surface area contributed by atoms with Gasteiger partial charge in [0.25, 0.3) is 5.91 Å². The monoisotopic (exact) mass is 448 g/mol. The van der Waals surface area contributed by atoms with Gasteiger partial charge < -0.3 is 9.32 Å². The van der Waals surface area contributed by atoms with Crippen LogP contribution >= 0.6 is 0 Å². The van der Waals surface area contributed by atoms with Crippen LogP contribution < -0.4 is 5.63 Å². The van der Waals surface area contributed by atoms with Crippen molar-refractivity contribution in [1.29, 1.82) is 0 Å². The smallest absolute Gasteiger partial charge is 0.347 e. The van der Waals surface area contributed by atoms with Gasteiger partial charge in [0.1, 0.15) is 29.2 Å². The maximum atomic E-state index is 13.3. The highest BCUT2D eigenvalue weighted by molar-refractivity contribution is 6.40. The lowest BCUT2D eigenvalue weighted by molar-refractivity contribution is -0.140. The number of benzene rings is 1. The number of halogens is 1. The van der Waals surface area contributed by atoms with Gasteiger partial charge in [0.05, 0.1) is 18.7 Å². The van der Waals surface area contributed by atoms with Crippen LogP contribution in [0, 0.1) is 11.7 Å². The molecule has 2 aliphatic rings. The molecular weight excluding hydrogens is 431 g/mol. The first-order valence-corrected chi connectivity index (χ1v) is 10.2. The summed E-state index contributed by atoms with van der Waals surface area (Å²) in [7, 11) is 0. The third-order valence-electron chi connectivity index (χ3n) is 5.72. The molecule has 1 aliphatic heterocycles. The minimum absolute atomic E-state index is 0.0393. The number of rotatable bonds is 5. The number of carbonyl (C=O) groups is 3. The molecule has 0 saturated carbocycles. The van der Waals surface area contributed by atoms with E-state index in [1.54, 1.807) is 6.08 Å². The summed E-state index contributed by atoms with van der Waals surface area (Å²) < 4.78 is 19.6. The molecule has 1 unspecified atom stereocenters. The molecule has 3 aromatic rings. The Morgan fingerprint density at radius 2 is 2.03 bits per heavy atom. The summed E-state index contributed by atoms with van der Waals surface area (Å²) in [5.74, 6) is -2.63. The summed E-state index contributed by atoms with van der Waals surface area (Å²) >= 11 is 0. The molecule has 1 aromatic carbocycles. The molecule has 0 radical (unpaired) electrons. The number of fused-ring (bicyclic) bond motifs is 2. The summed E-state index contributed by atoms with van der Waals surface area (Å²) in [5, 5.41) is 8.30. The van der Waals surface area contributed by atoms with E-state index in [-0.39, 0.29) is 24.2 Å². The molecule has 0 bridgehead atoms. The summed E-state index contributed by atoms with van der Waals surface area (Å²) in [6.45, 7) is 1.66. The van der Waals surface area contributed by atoms with Crippen LogP contribution in [-0.4, -0.2) is 37.4 Å². The van der Waals surface area contributed by atoms with Crippen molar-refractivity contribution in [1.82, 2.24) is 19.9 Å². The van der Waals surface area contributed by atoms with E-state index in [9.17, 15) is 23.6 Å². The van der Waals surface area contributed by atoms with Gasteiger partial charge in [-0.15, -0.1) is 5.10 Å². The largest absolute Gasteiger partial charge is 0.422 e. The van der Waals surface area contributed by atoms with E-state index < -0.39 is 34.8 Å². The average Bonchev–Trinajstić information content (AvgIpc) is 3.31. The van der Waals surface area contributed by atoms with E-state index in [1.807, 2.05) is 13.0 Å². The molecule has 1 amide bonds. The van der Waals surface area contributed by atoms with Gasteiger partial charge in [-0.2, -0.15) is 0 Å². The predicted molar refractivity (Wildman–Crippen MR) is 112 cm³/mol. The number of hydrogen-bond donors (Lipinski definition) is 0. The molecule has 5 rings (SSSR count). The molecule has 1 fully saturated rings. The summed E-state index contributed by atoms with van der Waals surface area (Å²) in [4.78, 5) is 51.0. The van der Waals surface area contributed by atoms with Crippen LogP contribution in [0.5, 0.6) is 0 Å². The second-order valence-corrected chi connectivity index (χ2v) is 8.08. The molecule has 10 heteroatoms. The lowest BCUT2D eigenvalue weighted by Gasteiger charge is -2.20. The van der Waals surface area contributed by atoms with Crippen molar-refractivity contribution in [3.63, 3.8) is 0 Å². The standard InChI is InChI=1S/C23H17FN4O5/c1-12-2-5-18-16(6-12)21(30)22(31)28(18)10-15-9-27(26-25-15)11-19(29)17-7-13-3-4-14(24)8-20(13)33-23(17)32/h2-5,7-9,16H,6,10-11H2,1H3. The molecule has 166 valence electrons. The molecule has 33 heavy (non-hydrogen) atoms. The Morgan fingerprint density at radius 3 is 2.85 bits per heavy atom. The summed E-state index contributed by atoms with van der Waals surface area (Å²) in [5.41, 5.74) is 1.02. The first-order chi connectivity index (χ1) is 15.8. The Bertz CT molecular complexity index is 1470. The van der Waals surface area contributed by atoms with Crippen molar-refractivity contribution >= 4 is 28.4 Å². The Balaban J connectivity index is 1.34. The number of nitrogens with zero attached hydrogens (tertiary/aromatic N) is 4. The van der Waals surface area contributed by atoms with Crippen molar-refractivity contribution in [2.24, 2.45) is 5.92 Å². The minimum Gasteiger partial charge on any atom is -0.422 e. The van der Waals surface area contributed by atoms with E-state index in [4.69, 9.17) is 4.42 Å². The first kappa shape index (κ1) is 20.7. The van der Waals surface area contributed by atoms with Crippen molar-refractivity contribution in [2.75, 3.05) is 0 Å². The highest BCUT2D eigenvalue weighted by Gasteiger charge is 2.44. The second-order valence-electron chi connectivity index (χ2n) is 8.08. The average molecular weight is 448 g/mol. The van der Waals surface area contributed by atoms with Crippen LogP contribution in [0.25, 0.3) is 11.0 Å². The highest BCUT2D eigenvalue weighted by Crippen LogP contribution is 2.35. The highest BCUT2D eigenvalue weighted by atomic mass is 19.1. The number of ketones is 2.